The monoisotopic (exact) mass is 257 g/mol. The smallest absolute Gasteiger partial charge is 0.138 e. The molecule has 3 aromatic rings. The third kappa shape index (κ3) is 1.73. The number of aromatic amines is 1. The van der Waals surface area contributed by atoms with Crippen LogP contribution in [0.1, 0.15) is 5.56 Å². The number of aryl methyl sites for hydroxylation is 1. The van der Waals surface area contributed by atoms with Crippen molar-refractivity contribution in [1.82, 2.24) is 9.97 Å². The van der Waals surface area contributed by atoms with Gasteiger partial charge in [0.2, 0.25) is 0 Å². The van der Waals surface area contributed by atoms with Crippen LogP contribution in [0.4, 0.5) is 5.69 Å². The van der Waals surface area contributed by atoms with Crippen molar-refractivity contribution in [1.29, 1.82) is 0 Å². The first-order valence-corrected chi connectivity index (χ1v) is 6.03. The summed E-state index contributed by atoms with van der Waals surface area (Å²) in [4.78, 5) is 7.88. The summed E-state index contributed by atoms with van der Waals surface area (Å²) in [6, 6.07) is 11.4. The zero-order valence-corrected chi connectivity index (χ0v) is 10.6. The molecule has 4 heteroatoms. The second-order valence-corrected chi connectivity index (χ2v) is 4.68. The summed E-state index contributed by atoms with van der Waals surface area (Å²) >= 11 is 6.09. The fraction of sp³-hybridized carbons (Fsp3) is 0.0714. The van der Waals surface area contributed by atoms with Crippen molar-refractivity contribution in [2.75, 3.05) is 5.73 Å². The first kappa shape index (κ1) is 11.1. The average Bonchev–Trinajstić information content (AvgIpc) is 2.80. The minimum Gasteiger partial charge on any atom is -0.399 e. The molecule has 1 heterocycles. The molecule has 3 nitrogen and oxygen atoms in total. The number of nitrogens with zero attached hydrogens (tertiary/aromatic N) is 1. The van der Waals surface area contributed by atoms with Gasteiger partial charge in [-0.2, -0.15) is 0 Å². The summed E-state index contributed by atoms with van der Waals surface area (Å²) in [6.07, 6.45) is 0. The summed E-state index contributed by atoms with van der Waals surface area (Å²) < 4.78 is 0. The van der Waals surface area contributed by atoms with Gasteiger partial charge in [-0.15, -0.1) is 0 Å². The van der Waals surface area contributed by atoms with E-state index in [1.54, 1.807) is 0 Å². The molecule has 0 aliphatic carbocycles. The number of anilines is 1. The molecule has 0 saturated carbocycles. The standard InChI is InChI=1S/C14H12ClN3/c1-8-11(15)6-7-12-13(8)18-14(17-12)9-2-4-10(16)5-3-9/h2-7H,16H2,1H3,(H,17,18). The molecule has 18 heavy (non-hydrogen) atoms. The highest BCUT2D eigenvalue weighted by atomic mass is 35.5. The van der Waals surface area contributed by atoms with Crippen LogP contribution >= 0.6 is 11.6 Å². The van der Waals surface area contributed by atoms with Crippen LogP contribution in [-0.4, -0.2) is 9.97 Å². The highest BCUT2D eigenvalue weighted by Gasteiger charge is 2.08. The lowest BCUT2D eigenvalue weighted by atomic mass is 10.2. The minimum absolute atomic E-state index is 0.734. The number of H-pyrrole nitrogens is 1. The number of nitrogens with one attached hydrogen (secondary N) is 1. The lowest BCUT2D eigenvalue weighted by Gasteiger charge is -1.96. The topological polar surface area (TPSA) is 54.7 Å². The number of benzene rings is 2. The van der Waals surface area contributed by atoms with Crippen molar-refractivity contribution in [3.63, 3.8) is 0 Å². The predicted molar refractivity (Wildman–Crippen MR) is 75.7 cm³/mol. The van der Waals surface area contributed by atoms with Gasteiger partial charge in [-0.25, -0.2) is 4.98 Å². The highest BCUT2D eigenvalue weighted by Crippen LogP contribution is 2.27. The second kappa shape index (κ2) is 4.03. The van der Waals surface area contributed by atoms with Crippen molar-refractivity contribution in [2.24, 2.45) is 0 Å². The van der Waals surface area contributed by atoms with E-state index in [-0.39, 0.29) is 0 Å². The third-order valence-corrected chi connectivity index (χ3v) is 3.44. The van der Waals surface area contributed by atoms with E-state index in [4.69, 9.17) is 17.3 Å². The quantitative estimate of drug-likeness (QED) is 0.652. The molecule has 0 fully saturated rings. The van der Waals surface area contributed by atoms with Crippen LogP contribution in [0, 0.1) is 6.92 Å². The first-order valence-electron chi connectivity index (χ1n) is 5.66. The number of fused-ring (bicyclic) bond motifs is 1. The van der Waals surface area contributed by atoms with E-state index < -0.39 is 0 Å². The molecular weight excluding hydrogens is 246 g/mol. The van der Waals surface area contributed by atoms with Crippen molar-refractivity contribution in [2.45, 2.75) is 6.92 Å². The molecule has 1 aromatic heterocycles. The molecule has 0 saturated heterocycles. The molecule has 0 radical (unpaired) electrons. The largest absolute Gasteiger partial charge is 0.399 e. The highest BCUT2D eigenvalue weighted by molar-refractivity contribution is 6.32. The third-order valence-electron chi connectivity index (χ3n) is 3.03. The van der Waals surface area contributed by atoms with Gasteiger partial charge in [0.05, 0.1) is 11.0 Å². The van der Waals surface area contributed by atoms with Gasteiger partial charge in [0, 0.05) is 16.3 Å². The number of halogens is 1. The lowest BCUT2D eigenvalue weighted by Crippen LogP contribution is -1.84. The second-order valence-electron chi connectivity index (χ2n) is 4.28. The summed E-state index contributed by atoms with van der Waals surface area (Å²) in [5.41, 5.74) is 10.3. The Hall–Kier alpha value is -2.00. The van der Waals surface area contributed by atoms with E-state index >= 15 is 0 Å². The van der Waals surface area contributed by atoms with Crippen molar-refractivity contribution in [3.8, 4) is 11.4 Å². The van der Waals surface area contributed by atoms with E-state index in [1.807, 2.05) is 43.3 Å². The molecule has 0 aliphatic heterocycles. The Balaban J connectivity index is 2.19. The van der Waals surface area contributed by atoms with Crippen LogP contribution in [0.25, 0.3) is 22.4 Å². The van der Waals surface area contributed by atoms with E-state index in [0.29, 0.717) is 0 Å². The molecular formula is C14H12ClN3. The normalized spacial score (nSPS) is 11.0. The predicted octanol–water partition coefficient (Wildman–Crippen LogP) is 3.77. The van der Waals surface area contributed by atoms with Gasteiger partial charge < -0.3 is 10.7 Å². The fourth-order valence-corrected chi connectivity index (χ4v) is 2.12. The lowest BCUT2D eigenvalue weighted by molar-refractivity contribution is 1.33. The maximum atomic E-state index is 6.09. The molecule has 3 N–H and O–H groups in total. The zero-order chi connectivity index (χ0) is 12.7. The van der Waals surface area contributed by atoms with Crippen molar-refractivity contribution < 1.29 is 0 Å². The van der Waals surface area contributed by atoms with Gasteiger partial charge in [0.1, 0.15) is 5.82 Å². The molecule has 3 rings (SSSR count). The number of hydrogen-bond acceptors (Lipinski definition) is 2. The molecule has 0 amide bonds. The number of hydrogen-bond donors (Lipinski definition) is 2. The SMILES string of the molecule is Cc1c(Cl)ccc2[nH]c(-c3ccc(N)cc3)nc12. The Morgan fingerprint density at radius 2 is 1.83 bits per heavy atom. The minimum atomic E-state index is 0.734. The summed E-state index contributed by atoms with van der Waals surface area (Å²) in [5.74, 6) is 0.829. The van der Waals surface area contributed by atoms with Gasteiger partial charge in [-0.1, -0.05) is 11.6 Å². The number of imidazole rings is 1. The molecule has 0 bridgehead atoms. The van der Waals surface area contributed by atoms with Gasteiger partial charge in [0.15, 0.2) is 0 Å². The number of rotatable bonds is 1. The molecule has 0 spiro atoms. The van der Waals surface area contributed by atoms with Gasteiger partial charge in [-0.05, 0) is 48.9 Å². The molecule has 0 aliphatic rings. The Labute approximate surface area is 110 Å². The van der Waals surface area contributed by atoms with Gasteiger partial charge in [-0.3, -0.25) is 0 Å². The van der Waals surface area contributed by atoms with E-state index in [1.165, 1.54) is 0 Å². The van der Waals surface area contributed by atoms with Gasteiger partial charge >= 0.3 is 0 Å². The summed E-state index contributed by atoms with van der Waals surface area (Å²) in [6.45, 7) is 1.97. The fourth-order valence-electron chi connectivity index (χ4n) is 1.97. The van der Waals surface area contributed by atoms with Crippen LogP contribution in [-0.2, 0) is 0 Å². The summed E-state index contributed by atoms with van der Waals surface area (Å²) in [5, 5.41) is 0.734. The number of nitrogens with two attached hydrogens (primary N) is 1. The van der Waals surface area contributed by atoms with E-state index in [0.717, 1.165) is 38.7 Å². The first-order chi connectivity index (χ1) is 8.65. The van der Waals surface area contributed by atoms with Crippen LogP contribution < -0.4 is 5.73 Å². The Kier molecular flexibility index (Phi) is 2.49. The van der Waals surface area contributed by atoms with Gasteiger partial charge in [0.25, 0.3) is 0 Å². The van der Waals surface area contributed by atoms with Crippen LogP contribution in [0.3, 0.4) is 0 Å². The number of aromatic nitrogens is 2. The maximum absolute atomic E-state index is 6.09. The maximum Gasteiger partial charge on any atom is 0.138 e. The van der Waals surface area contributed by atoms with Crippen molar-refractivity contribution >= 4 is 28.3 Å². The van der Waals surface area contributed by atoms with Crippen LogP contribution in [0.15, 0.2) is 36.4 Å². The molecule has 2 aromatic carbocycles. The Bertz CT molecular complexity index is 714. The van der Waals surface area contributed by atoms with E-state index in [2.05, 4.69) is 9.97 Å². The van der Waals surface area contributed by atoms with Crippen LogP contribution in [0.5, 0.6) is 0 Å². The molecule has 0 atom stereocenters. The Morgan fingerprint density at radius 3 is 2.56 bits per heavy atom. The number of nitrogen functional groups attached to an aromatic ring is 1. The molecule has 90 valence electrons. The molecule has 0 unspecified atom stereocenters. The zero-order valence-electron chi connectivity index (χ0n) is 9.87. The Morgan fingerprint density at radius 1 is 1.11 bits per heavy atom. The van der Waals surface area contributed by atoms with Crippen LogP contribution in [0.2, 0.25) is 5.02 Å². The average molecular weight is 258 g/mol. The van der Waals surface area contributed by atoms with Crippen molar-refractivity contribution in [3.05, 3.63) is 47.0 Å². The summed E-state index contributed by atoms with van der Waals surface area (Å²) in [7, 11) is 0. The van der Waals surface area contributed by atoms with E-state index in [9.17, 15) is 0 Å².